The van der Waals surface area contributed by atoms with E-state index in [0.717, 1.165) is 0 Å². The van der Waals surface area contributed by atoms with E-state index in [4.69, 9.17) is 14.2 Å². The van der Waals surface area contributed by atoms with Crippen LogP contribution in [0.4, 0.5) is 0 Å². The fourth-order valence-electron chi connectivity index (χ4n) is 1.46. The summed E-state index contributed by atoms with van der Waals surface area (Å²) in [6, 6.07) is 0. The molecule has 5 nitrogen and oxygen atoms in total. The van der Waals surface area contributed by atoms with Crippen molar-refractivity contribution in [2.24, 2.45) is 5.41 Å². The minimum Gasteiger partial charge on any atom is -0.453 e. The van der Waals surface area contributed by atoms with Crippen molar-refractivity contribution < 1.29 is 23.8 Å². The van der Waals surface area contributed by atoms with Crippen LogP contribution in [0.5, 0.6) is 0 Å². The molecule has 0 aromatic carbocycles. The average molecular weight is 304 g/mol. The molecule has 6 heteroatoms. The number of carbonyl (C=O) groups excluding carboxylic acids is 2. The molecule has 0 saturated carbocycles. The molecule has 0 aliphatic carbocycles. The Morgan fingerprint density at radius 3 is 2.55 bits per heavy atom. The third-order valence-electron chi connectivity index (χ3n) is 3.54. The second-order valence-corrected chi connectivity index (χ2v) is 7.02. The van der Waals surface area contributed by atoms with Gasteiger partial charge in [0.25, 0.3) is 0 Å². The highest BCUT2D eigenvalue weighted by Gasteiger charge is 2.30. The minimum absolute atomic E-state index is 0.0353. The average Bonchev–Trinajstić information content (AvgIpc) is 2.40. The quantitative estimate of drug-likeness (QED) is 0.727. The number of hydrogen-bond donors (Lipinski definition) is 0. The molecule has 0 radical (unpaired) electrons. The van der Waals surface area contributed by atoms with Crippen LogP contribution in [0.3, 0.4) is 0 Å². The first-order chi connectivity index (χ1) is 9.26. The molecule has 0 bridgehead atoms. The maximum atomic E-state index is 11.7. The zero-order chi connectivity index (χ0) is 15.3. The molecule has 1 aliphatic heterocycles. The van der Waals surface area contributed by atoms with Crippen molar-refractivity contribution in [3.05, 3.63) is 0 Å². The topological polar surface area (TPSA) is 61.8 Å². The van der Waals surface area contributed by atoms with Crippen molar-refractivity contribution in [2.45, 2.75) is 58.7 Å². The van der Waals surface area contributed by atoms with Crippen LogP contribution >= 0.6 is 11.8 Å². The van der Waals surface area contributed by atoms with E-state index in [1.54, 1.807) is 25.6 Å². The monoisotopic (exact) mass is 304 g/mol. The Hall–Kier alpha value is -0.750. The van der Waals surface area contributed by atoms with Gasteiger partial charge in [0.05, 0.1) is 17.3 Å². The van der Waals surface area contributed by atoms with E-state index in [0.29, 0.717) is 17.4 Å². The normalized spacial score (nSPS) is 26.9. The maximum Gasteiger partial charge on any atom is 0.346 e. The second kappa shape index (κ2) is 7.31. The Morgan fingerprint density at radius 1 is 1.35 bits per heavy atom. The van der Waals surface area contributed by atoms with Gasteiger partial charge in [0, 0.05) is 5.25 Å². The standard InChI is InChI=1S/C14H24O5S/c1-6-14(4,5)13(16)17-7-11(15)19-12-8-20-10(3)9(2)18-12/h9-10,12H,6-8H2,1-5H3. The molecular formula is C14H24O5S. The number of rotatable bonds is 5. The molecule has 116 valence electrons. The zero-order valence-corrected chi connectivity index (χ0v) is 13.6. The van der Waals surface area contributed by atoms with E-state index >= 15 is 0 Å². The molecule has 1 fully saturated rings. The van der Waals surface area contributed by atoms with Crippen LogP contribution in [0.2, 0.25) is 0 Å². The Kier molecular flexibility index (Phi) is 6.33. The van der Waals surface area contributed by atoms with Crippen LogP contribution < -0.4 is 0 Å². The number of hydrogen-bond acceptors (Lipinski definition) is 6. The van der Waals surface area contributed by atoms with Gasteiger partial charge in [-0.1, -0.05) is 13.8 Å². The third kappa shape index (κ3) is 4.98. The highest BCUT2D eigenvalue weighted by Crippen LogP contribution is 2.26. The lowest BCUT2D eigenvalue weighted by molar-refractivity contribution is -0.190. The molecule has 0 N–H and O–H groups in total. The van der Waals surface area contributed by atoms with Crippen LogP contribution in [0.25, 0.3) is 0 Å². The van der Waals surface area contributed by atoms with E-state index in [1.165, 1.54) is 0 Å². The molecule has 1 rings (SSSR count). The molecule has 0 aromatic rings. The van der Waals surface area contributed by atoms with Crippen molar-refractivity contribution in [2.75, 3.05) is 12.4 Å². The second-order valence-electron chi connectivity index (χ2n) is 5.61. The molecule has 0 aromatic heterocycles. The lowest BCUT2D eigenvalue weighted by Gasteiger charge is -2.31. The molecule has 1 aliphatic rings. The van der Waals surface area contributed by atoms with Crippen molar-refractivity contribution >= 4 is 23.7 Å². The maximum absolute atomic E-state index is 11.7. The van der Waals surface area contributed by atoms with Gasteiger partial charge in [-0.2, -0.15) is 0 Å². The third-order valence-corrected chi connectivity index (χ3v) is 4.92. The number of thioether (sulfide) groups is 1. The Morgan fingerprint density at radius 2 is 2.00 bits per heavy atom. The minimum atomic E-state index is -0.582. The smallest absolute Gasteiger partial charge is 0.346 e. The van der Waals surface area contributed by atoms with E-state index in [1.807, 2.05) is 13.8 Å². The van der Waals surface area contributed by atoms with E-state index in [2.05, 4.69) is 6.92 Å². The van der Waals surface area contributed by atoms with Crippen LogP contribution in [0.1, 0.15) is 41.0 Å². The summed E-state index contributed by atoms with van der Waals surface area (Å²) in [5.74, 6) is -0.360. The lowest BCUT2D eigenvalue weighted by Crippen LogP contribution is -2.38. The predicted molar refractivity (Wildman–Crippen MR) is 77.4 cm³/mol. The Labute approximate surface area is 124 Å². The van der Waals surface area contributed by atoms with Gasteiger partial charge in [-0.25, -0.2) is 4.79 Å². The van der Waals surface area contributed by atoms with Crippen molar-refractivity contribution in [3.8, 4) is 0 Å². The summed E-state index contributed by atoms with van der Waals surface area (Å²) in [4.78, 5) is 23.4. The Balaban J connectivity index is 2.32. The van der Waals surface area contributed by atoms with Crippen LogP contribution in [-0.2, 0) is 23.8 Å². The molecular weight excluding hydrogens is 280 g/mol. The highest BCUT2D eigenvalue weighted by molar-refractivity contribution is 8.00. The summed E-state index contributed by atoms with van der Waals surface area (Å²) >= 11 is 1.70. The molecule has 3 atom stereocenters. The van der Waals surface area contributed by atoms with Gasteiger partial charge in [-0.05, 0) is 27.2 Å². The molecule has 1 heterocycles. The van der Waals surface area contributed by atoms with Gasteiger partial charge in [0.2, 0.25) is 6.29 Å². The fourth-order valence-corrected chi connectivity index (χ4v) is 2.40. The molecule has 0 amide bonds. The first kappa shape index (κ1) is 17.3. The van der Waals surface area contributed by atoms with Crippen molar-refractivity contribution in [1.29, 1.82) is 0 Å². The van der Waals surface area contributed by atoms with Gasteiger partial charge in [0.15, 0.2) is 6.61 Å². The van der Waals surface area contributed by atoms with Crippen LogP contribution in [0, 0.1) is 5.41 Å². The van der Waals surface area contributed by atoms with Gasteiger partial charge in [-0.3, -0.25) is 4.79 Å². The first-order valence-corrected chi connectivity index (χ1v) is 7.95. The van der Waals surface area contributed by atoms with Gasteiger partial charge in [-0.15, -0.1) is 11.8 Å². The highest BCUT2D eigenvalue weighted by atomic mass is 32.2. The molecule has 1 saturated heterocycles. The number of ether oxygens (including phenoxy) is 3. The van der Waals surface area contributed by atoms with E-state index in [9.17, 15) is 9.59 Å². The van der Waals surface area contributed by atoms with Crippen molar-refractivity contribution in [3.63, 3.8) is 0 Å². The summed E-state index contributed by atoms with van der Waals surface area (Å²) < 4.78 is 15.7. The SMILES string of the molecule is CCC(C)(C)C(=O)OCC(=O)OC1CSC(C)C(C)O1. The lowest BCUT2D eigenvalue weighted by atomic mass is 9.91. The summed E-state index contributed by atoms with van der Waals surface area (Å²) in [6.45, 7) is 9.12. The molecule has 20 heavy (non-hydrogen) atoms. The zero-order valence-electron chi connectivity index (χ0n) is 12.8. The summed E-state index contributed by atoms with van der Waals surface area (Å²) in [6.07, 6.45) is 0.128. The summed E-state index contributed by atoms with van der Waals surface area (Å²) in [5.41, 5.74) is -0.582. The molecule has 3 unspecified atom stereocenters. The van der Waals surface area contributed by atoms with E-state index in [-0.39, 0.29) is 12.7 Å². The van der Waals surface area contributed by atoms with Gasteiger partial charge < -0.3 is 14.2 Å². The molecule has 0 spiro atoms. The Bertz CT molecular complexity index is 355. The van der Waals surface area contributed by atoms with Gasteiger partial charge in [0.1, 0.15) is 0 Å². The summed E-state index contributed by atoms with van der Waals surface area (Å²) in [5, 5.41) is 0.383. The van der Waals surface area contributed by atoms with Crippen molar-refractivity contribution in [1.82, 2.24) is 0 Å². The van der Waals surface area contributed by atoms with E-state index < -0.39 is 23.6 Å². The number of esters is 2. The fraction of sp³-hybridized carbons (Fsp3) is 0.857. The largest absolute Gasteiger partial charge is 0.453 e. The van der Waals surface area contributed by atoms with Crippen LogP contribution in [-0.4, -0.2) is 41.9 Å². The summed E-state index contributed by atoms with van der Waals surface area (Å²) in [7, 11) is 0. The van der Waals surface area contributed by atoms with Gasteiger partial charge >= 0.3 is 11.9 Å². The first-order valence-electron chi connectivity index (χ1n) is 6.90. The van der Waals surface area contributed by atoms with Crippen LogP contribution in [0.15, 0.2) is 0 Å². The number of carbonyl (C=O) groups is 2. The predicted octanol–water partition coefficient (Wildman–Crippen LogP) is 2.38.